The van der Waals surface area contributed by atoms with Gasteiger partial charge < -0.3 is 10.1 Å². The summed E-state index contributed by atoms with van der Waals surface area (Å²) in [6, 6.07) is 15.6. The second kappa shape index (κ2) is 6.02. The van der Waals surface area contributed by atoms with Crippen LogP contribution in [-0.2, 0) is 0 Å². The Bertz CT molecular complexity index is 901. The van der Waals surface area contributed by atoms with E-state index in [1.807, 2.05) is 53.2 Å². The van der Waals surface area contributed by atoms with Crippen LogP contribution in [0.2, 0.25) is 5.02 Å². The van der Waals surface area contributed by atoms with Crippen LogP contribution >= 0.6 is 11.6 Å². The van der Waals surface area contributed by atoms with Crippen LogP contribution in [0.15, 0.2) is 60.9 Å². The van der Waals surface area contributed by atoms with Gasteiger partial charge in [0.1, 0.15) is 18.1 Å². The van der Waals surface area contributed by atoms with E-state index >= 15 is 0 Å². The molecule has 4 rings (SSSR count). The second-order valence-electron chi connectivity index (χ2n) is 5.43. The number of anilines is 1. The number of nitrogens with one attached hydrogen (secondary N) is 1. The second-order valence-corrected chi connectivity index (χ2v) is 5.84. The fourth-order valence-electron chi connectivity index (χ4n) is 2.81. The molecule has 1 aromatic heterocycles. The van der Waals surface area contributed by atoms with E-state index in [2.05, 4.69) is 21.5 Å². The molecular formula is C18H15ClN4O. The molecule has 3 aromatic rings. The molecular weight excluding hydrogens is 324 g/mol. The maximum absolute atomic E-state index is 6.35. The van der Waals surface area contributed by atoms with E-state index in [4.69, 9.17) is 16.3 Å². The van der Waals surface area contributed by atoms with Gasteiger partial charge in [-0.3, -0.25) is 0 Å². The number of allylic oxidation sites excluding steroid dienone is 1. The van der Waals surface area contributed by atoms with Crippen molar-refractivity contribution in [3.63, 3.8) is 0 Å². The highest BCUT2D eigenvalue weighted by atomic mass is 35.5. The molecule has 0 amide bonds. The molecule has 24 heavy (non-hydrogen) atoms. The monoisotopic (exact) mass is 338 g/mol. The van der Waals surface area contributed by atoms with Crippen molar-refractivity contribution < 1.29 is 4.74 Å². The molecule has 0 saturated heterocycles. The van der Waals surface area contributed by atoms with Gasteiger partial charge in [0.2, 0.25) is 5.95 Å². The van der Waals surface area contributed by atoms with Gasteiger partial charge in [-0.1, -0.05) is 41.9 Å². The average Bonchev–Trinajstić information content (AvgIpc) is 3.10. The Kier molecular flexibility index (Phi) is 3.70. The zero-order valence-electron chi connectivity index (χ0n) is 13.0. The minimum Gasteiger partial charge on any atom is -0.497 e. The summed E-state index contributed by atoms with van der Waals surface area (Å²) in [5, 5.41) is 8.33. The van der Waals surface area contributed by atoms with Crippen molar-refractivity contribution in [1.82, 2.24) is 14.8 Å². The van der Waals surface area contributed by atoms with Crippen LogP contribution in [0.3, 0.4) is 0 Å². The number of aromatic nitrogens is 3. The van der Waals surface area contributed by atoms with Crippen molar-refractivity contribution in [3.05, 3.63) is 77.1 Å². The van der Waals surface area contributed by atoms with Gasteiger partial charge >= 0.3 is 0 Å². The third-order valence-electron chi connectivity index (χ3n) is 4.03. The van der Waals surface area contributed by atoms with Gasteiger partial charge in [-0.05, 0) is 29.8 Å². The number of methoxy groups -OCH3 is 1. The number of ether oxygens (including phenoxy) is 1. The minimum absolute atomic E-state index is 0.0686. The average molecular weight is 339 g/mol. The van der Waals surface area contributed by atoms with Crippen molar-refractivity contribution >= 4 is 23.2 Å². The molecule has 0 bridgehead atoms. The lowest BCUT2D eigenvalue weighted by molar-refractivity contribution is 0.414. The molecule has 1 aliphatic rings. The number of hydrogen-bond donors (Lipinski definition) is 1. The lowest BCUT2D eigenvalue weighted by atomic mass is 10.0. The summed E-state index contributed by atoms with van der Waals surface area (Å²) >= 11 is 6.35. The summed E-state index contributed by atoms with van der Waals surface area (Å²) in [5.74, 6) is 1.51. The summed E-state index contributed by atoms with van der Waals surface area (Å²) in [7, 11) is 1.66. The molecule has 120 valence electrons. The van der Waals surface area contributed by atoms with Crippen LogP contribution in [0.1, 0.15) is 17.2 Å². The zero-order chi connectivity index (χ0) is 16.5. The van der Waals surface area contributed by atoms with E-state index in [9.17, 15) is 0 Å². The van der Waals surface area contributed by atoms with Crippen molar-refractivity contribution in [2.24, 2.45) is 0 Å². The van der Waals surface area contributed by atoms with Gasteiger partial charge in [0.25, 0.3) is 0 Å². The minimum atomic E-state index is -0.0686. The van der Waals surface area contributed by atoms with Gasteiger partial charge in [-0.2, -0.15) is 10.1 Å². The topological polar surface area (TPSA) is 52.0 Å². The Morgan fingerprint density at radius 3 is 2.67 bits per heavy atom. The summed E-state index contributed by atoms with van der Waals surface area (Å²) in [6.07, 6.45) is 3.65. The molecule has 6 heteroatoms. The third kappa shape index (κ3) is 2.53. The Morgan fingerprint density at radius 2 is 1.92 bits per heavy atom. The lowest BCUT2D eigenvalue weighted by Gasteiger charge is -2.25. The molecule has 1 atom stereocenters. The van der Waals surface area contributed by atoms with Crippen molar-refractivity contribution in [1.29, 1.82) is 0 Å². The molecule has 0 spiro atoms. The van der Waals surface area contributed by atoms with Gasteiger partial charge in [0, 0.05) is 16.3 Å². The Hall–Kier alpha value is -2.79. The predicted molar refractivity (Wildman–Crippen MR) is 94.2 cm³/mol. The predicted octanol–water partition coefficient (Wildman–Crippen LogP) is 4.00. The highest BCUT2D eigenvalue weighted by molar-refractivity contribution is 6.32. The maximum atomic E-state index is 6.35. The smallest absolute Gasteiger partial charge is 0.226 e. The lowest BCUT2D eigenvalue weighted by Crippen LogP contribution is -2.20. The molecule has 0 saturated carbocycles. The first kappa shape index (κ1) is 14.8. The summed E-state index contributed by atoms with van der Waals surface area (Å²) in [4.78, 5) is 4.30. The highest BCUT2D eigenvalue weighted by Crippen LogP contribution is 2.34. The number of rotatable bonds is 3. The van der Waals surface area contributed by atoms with E-state index in [1.54, 1.807) is 13.4 Å². The first-order valence-electron chi connectivity index (χ1n) is 7.53. The van der Waals surface area contributed by atoms with E-state index < -0.39 is 0 Å². The molecule has 1 N–H and O–H groups in total. The Morgan fingerprint density at radius 1 is 1.12 bits per heavy atom. The third-order valence-corrected chi connectivity index (χ3v) is 4.36. The van der Waals surface area contributed by atoms with E-state index in [1.165, 1.54) is 0 Å². The fraction of sp³-hybridized carbons (Fsp3) is 0.111. The van der Waals surface area contributed by atoms with Crippen molar-refractivity contribution in [3.8, 4) is 5.75 Å². The van der Waals surface area contributed by atoms with E-state index in [0.717, 1.165) is 22.6 Å². The van der Waals surface area contributed by atoms with Crippen LogP contribution in [0.5, 0.6) is 5.75 Å². The molecule has 1 aliphatic heterocycles. The van der Waals surface area contributed by atoms with Gasteiger partial charge in [-0.25, -0.2) is 4.68 Å². The first-order chi connectivity index (χ1) is 11.8. The van der Waals surface area contributed by atoms with E-state index in [0.29, 0.717) is 11.0 Å². The largest absolute Gasteiger partial charge is 0.497 e. The first-order valence-corrected chi connectivity index (χ1v) is 7.91. The van der Waals surface area contributed by atoms with Crippen LogP contribution in [0.4, 0.5) is 5.95 Å². The standard InChI is InChI=1S/C18H15ClN4O/c1-24-13-8-6-12(7-9-13)17-10-16(14-4-2-3-5-15(14)19)22-18-20-11-21-23(17)18/h2-11,17H,1H3,(H,20,21,22)/t17-/m0/s1. The Balaban J connectivity index is 1.80. The van der Waals surface area contributed by atoms with Crippen LogP contribution in [0.25, 0.3) is 5.70 Å². The van der Waals surface area contributed by atoms with Crippen LogP contribution in [0, 0.1) is 0 Å². The summed E-state index contributed by atoms with van der Waals surface area (Å²) < 4.78 is 7.09. The number of fused-ring (bicyclic) bond motifs is 1. The van der Waals surface area contributed by atoms with Crippen molar-refractivity contribution in [2.45, 2.75) is 6.04 Å². The van der Waals surface area contributed by atoms with Gasteiger partial charge in [0.15, 0.2) is 0 Å². The fourth-order valence-corrected chi connectivity index (χ4v) is 3.05. The van der Waals surface area contributed by atoms with Gasteiger partial charge in [0.05, 0.1) is 7.11 Å². The molecule has 0 radical (unpaired) electrons. The van der Waals surface area contributed by atoms with Crippen molar-refractivity contribution in [2.75, 3.05) is 12.4 Å². The Labute approximate surface area is 144 Å². The quantitative estimate of drug-likeness (QED) is 0.784. The maximum Gasteiger partial charge on any atom is 0.226 e. The molecule has 2 heterocycles. The SMILES string of the molecule is COc1ccc([C@@H]2C=C(c3ccccc3Cl)Nc3ncnn32)cc1. The van der Waals surface area contributed by atoms with Gasteiger partial charge in [-0.15, -0.1) is 0 Å². The summed E-state index contributed by atoms with van der Waals surface area (Å²) in [5.41, 5.74) is 2.95. The summed E-state index contributed by atoms with van der Waals surface area (Å²) in [6.45, 7) is 0. The molecule has 0 unspecified atom stereocenters. The number of nitrogens with zero attached hydrogens (tertiary/aromatic N) is 3. The molecule has 0 aliphatic carbocycles. The zero-order valence-corrected chi connectivity index (χ0v) is 13.7. The normalized spacial score (nSPS) is 16.1. The number of halogens is 1. The highest BCUT2D eigenvalue weighted by Gasteiger charge is 2.24. The molecule has 2 aromatic carbocycles. The van der Waals surface area contributed by atoms with E-state index in [-0.39, 0.29) is 6.04 Å². The molecule has 0 fully saturated rings. The number of hydrogen-bond acceptors (Lipinski definition) is 4. The van der Waals surface area contributed by atoms with Crippen LogP contribution in [-0.4, -0.2) is 21.9 Å². The number of benzene rings is 2. The molecule has 5 nitrogen and oxygen atoms in total. The van der Waals surface area contributed by atoms with Crippen LogP contribution < -0.4 is 10.1 Å².